The van der Waals surface area contributed by atoms with Crippen LogP contribution < -0.4 is 10.5 Å². The van der Waals surface area contributed by atoms with Crippen molar-refractivity contribution in [2.45, 2.75) is 32.6 Å². The number of fused-ring (bicyclic) bond motifs is 1. The summed E-state index contributed by atoms with van der Waals surface area (Å²) in [6.07, 6.45) is 0.900. The van der Waals surface area contributed by atoms with Crippen LogP contribution in [0.2, 0.25) is 0 Å². The molecule has 1 unspecified atom stereocenters. The van der Waals surface area contributed by atoms with Crippen LogP contribution in [0.15, 0.2) is 59.2 Å². The second kappa shape index (κ2) is 8.90. The molecule has 0 fully saturated rings. The molecular formula is C26H29NO6. The monoisotopic (exact) mass is 451 g/mol. The Morgan fingerprint density at radius 2 is 1.82 bits per heavy atom. The predicted molar refractivity (Wildman–Crippen MR) is 123 cm³/mol. The summed E-state index contributed by atoms with van der Waals surface area (Å²) >= 11 is 0. The lowest BCUT2D eigenvalue weighted by molar-refractivity contribution is -0.140. The third kappa shape index (κ3) is 4.20. The molecule has 0 saturated carbocycles. The first-order valence-electron chi connectivity index (χ1n) is 10.9. The fourth-order valence-corrected chi connectivity index (χ4v) is 4.71. The molecule has 0 amide bonds. The number of ketones is 1. The van der Waals surface area contributed by atoms with E-state index in [1.54, 1.807) is 7.11 Å². The van der Waals surface area contributed by atoms with Crippen LogP contribution in [0.1, 0.15) is 38.2 Å². The number of carbonyl (C=O) groups is 2. The van der Waals surface area contributed by atoms with Gasteiger partial charge in [0.05, 0.1) is 19.6 Å². The molecule has 2 aromatic carbocycles. The normalized spacial score (nSPS) is 19.9. The highest BCUT2D eigenvalue weighted by Crippen LogP contribution is 2.50. The molecular weight excluding hydrogens is 422 g/mol. The molecule has 0 radical (unpaired) electrons. The Hall–Kier alpha value is -3.32. The van der Waals surface area contributed by atoms with E-state index >= 15 is 0 Å². The van der Waals surface area contributed by atoms with Crippen LogP contribution >= 0.6 is 0 Å². The van der Waals surface area contributed by atoms with Crippen molar-refractivity contribution in [2.75, 3.05) is 27.4 Å². The van der Waals surface area contributed by atoms with Gasteiger partial charge in [-0.05, 0) is 22.4 Å². The Labute approximate surface area is 193 Å². The van der Waals surface area contributed by atoms with Gasteiger partial charge in [0.25, 0.3) is 0 Å². The van der Waals surface area contributed by atoms with E-state index < -0.39 is 11.9 Å². The number of carbonyl (C=O) groups excluding carboxylic acids is 2. The van der Waals surface area contributed by atoms with Gasteiger partial charge in [-0.15, -0.1) is 0 Å². The fourth-order valence-electron chi connectivity index (χ4n) is 4.71. The minimum Gasteiger partial charge on any atom is -0.496 e. The van der Waals surface area contributed by atoms with Crippen molar-refractivity contribution in [1.29, 1.82) is 0 Å². The number of hydrogen-bond acceptors (Lipinski definition) is 7. The van der Waals surface area contributed by atoms with Gasteiger partial charge in [-0.25, -0.2) is 4.79 Å². The summed E-state index contributed by atoms with van der Waals surface area (Å²) in [5.74, 6) is -0.200. The maximum atomic E-state index is 13.4. The van der Waals surface area contributed by atoms with Crippen molar-refractivity contribution in [1.82, 2.24) is 0 Å². The van der Waals surface area contributed by atoms with Gasteiger partial charge in [0.15, 0.2) is 5.78 Å². The lowest BCUT2D eigenvalue weighted by Gasteiger charge is -2.38. The molecule has 2 N–H and O–H groups in total. The van der Waals surface area contributed by atoms with Crippen LogP contribution in [0, 0.1) is 5.41 Å². The summed E-state index contributed by atoms with van der Waals surface area (Å²) in [5, 5.41) is 1.74. The average Bonchev–Trinajstić information content (AvgIpc) is 2.76. The van der Waals surface area contributed by atoms with E-state index in [1.165, 1.54) is 7.11 Å². The molecule has 2 aromatic rings. The van der Waals surface area contributed by atoms with E-state index in [0.717, 1.165) is 16.3 Å². The summed E-state index contributed by atoms with van der Waals surface area (Å²) in [6, 6.07) is 11.4. The van der Waals surface area contributed by atoms with Crippen LogP contribution in [0.25, 0.3) is 10.8 Å². The van der Waals surface area contributed by atoms with Crippen LogP contribution in [0.3, 0.4) is 0 Å². The number of rotatable bonds is 6. The molecule has 7 nitrogen and oxygen atoms in total. The first-order chi connectivity index (χ1) is 15.8. The van der Waals surface area contributed by atoms with Gasteiger partial charge in [0, 0.05) is 30.9 Å². The molecule has 1 aliphatic carbocycles. The van der Waals surface area contributed by atoms with Crippen LogP contribution in [0.4, 0.5) is 0 Å². The van der Waals surface area contributed by atoms with Crippen molar-refractivity contribution < 1.29 is 28.5 Å². The van der Waals surface area contributed by atoms with E-state index in [0.29, 0.717) is 29.9 Å². The van der Waals surface area contributed by atoms with Gasteiger partial charge < -0.3 is 24.7 Å². The minimum absolute atomic E-state index is 0.0356. The Bertz CT molecular complexity index is 1180. The van der Waals surface area contributed by atoms with E-state index in [-0.39, 0.29) is 35.9 Å². The van der Waals surface area contributed by atoms with Crippen molar-refractivity contribution in [3.8, 4) is 5.75 Å². The van der Waals surface area contributed by atoms with Crippen molar-refractivity contribution in [3.05, 3.63) is 64.8 Å². The van der Waals surface area contributed by atoms with Crippen LogP contribution in [-0.2, 0) is 23.8 Å². The van der Waals surface area contributed by atoms with E-state index in [4.69, 9.17) is 24.7 Å². The molecule has 1 aliphatic heterocycles. The van der Waals surface area contributed by atoms with Gasteiger partial charge in [-0.3, -0.25) is 4.79 Å². The number of allylic oxidation sites excluding steroid dienone is 2. The number of ether oxygens (including phenoxy) is 4. The van der Waals surface area contributed by atoms with Crippen molar-refractivity contribution in [3.63, 3.8) is 0 Å². The summed E-state index contributed by atoms with van der Waals surface area (Å²) in [4.78, 5) is 26.6. The van der Waals surface area contributed by atoms with Gasteiger partial charge in [-0.1, -0.05) is 44.2 Å². The van der Waals surface area contributed by atoms with Gasteiger partial charge in [0.2, 0.25) is 5.88 Å². The molecule has 0 aromatic heterocycles. The predicted octanol–water partition coefficient (Wildman–Crippen LogP) is 3.97. The Morgan fingerprint density at radius 1 is 1.09 bits per heavy atom. The molecule has 0 spiro atoms. The van der Waals surface area contributed by atoms with Gasteiger partial charge in [-0.2, -0.15) is 0 Å². The molecule has 174 valence electrons. The maximum Gasteiger partial charge on any atom is 0.340 e. The third-order valence-electron chi connectivity index (χ3n) is 6.14. The molecule has 4 rings (SSSR count). The molecule has 1 atom stereocenters. The third-order valence-corrected chi connectivity index (χ3v) is 6.14. The topological polar surface area (TPSA) is 97.1 Å². The zero-order valence-electron chi connectivity index (χ0n) is 19.4. The molecule has 2 aliphatic rings. The largest absolute Gasteiger partial charge is 0.496 e. The Balaban J connectivity index is 1.93. The molecule has 33 heavy (non-hydrogen) atoms. The molecule has 7 heteroatoms. The molecule has 0 saturated heterocycles. The summed E-state index contributed by atoms with van der Waals surface area (Å²) in [7, 11) is 3.14. The Kier molecular flexibility index (Phi) is 6.17. The van der Waals surface area contributed by atoms with Gasteiger partial charge >= 0.3 is 5.97 Å². The highest BCUT2D eigenvalue weighted by Gasteiger charge is 2.45. The summed E-state index contributed by atoms with van der Waals surface area (Å²) < 4.78 is 21.9. The van der Waals surface area contributed by atoms with Gasteiger partial charge in [0.1, 0.15) is 23.7 Å². The lowest BCUT2D eigenvalue weighted by atomic mass is 9.69. The molecule has 0 bridgehead atoms. The number of benzene rings is 2. The van der Waals surface area contributed by atoms with Crippen LogP contribution in [0.5, 0.6) is 5.75 Å². The van der Waals surface area contributed by atoms with E-state index in [9.17, 15) is 9.59 Å². The lowest BCUT2D eigenvalue weighted by Crippen LogP contribution is -2.36. The second-order valence-corrected chi connectivity index (χ2v) is 9.12. The summed E-state index contributed by atoms with van der Waals surface area (Å²) in [6.45, 7) is 4.35. The number of nitrogens with two attached hydrogens (primary N) is 1. The van der Waals surface area contributed by atoms with E-state index in [2.05, 4.69) is 0 Å². The number of esters is 1. The SMILES string of the molecule is COCCOC(=O)C1=C(N)OC2=C(C(=O)CC(C)(C)C2)C1c1ccc(OC)c2ccccc12. The molecule has 1 heterocycles. The zero-order chi connectivity index (χ0) is 23.8. The van der Waals surface area contributed by atoms with Crippen molar-refractivity contribution >= 4 is 22.5 Å². The quantitative estimate of drug-likeness (QED) is 0.524. The average molecular weight is 452 g/mol. The highest BCUT2D eigenvalue weighted by atomic mass is 16.6. The Morgan fingerprint density at radius 3 is 2.52 bits per heavy atom. The minimum atomic E-state index is -0.705. The maximum absolute atomic E-state index is 13.4. The highest BCUT2D eigenvalue weighted by molar-refractivity contribution is 6.05. The number of Topliss-reactive ketones (excluding diaryl/α,β-unsaturated/α-hetero) is 1. The number of hydrogen-bond donors (Lipinski definition) is 1. The standard InChI is InChI=1S/C26H29NO6/c1-26(2)13-18(28)22-20(14-26)33-24(27)23(25(29)32-12-11-30-3)21(22)17-9-10-19(31-4)16-8-6-5-7-15(16)17/h5-10,21H,11-14,27H2,1-4H3. The van der Waals surface area contributed by atoms with Crippen LogP contribution in [-0.4, -0.2) is 39.2 Å². The van der Waals surface area contributed by atoms with E-state index in [1.807, 2.05) is 50.2 Å². The second-order valence-electron chi connectivity index (χ2n) is 9.12. The van der Waals surface area contributed by atoms with Crippen molar-refractivity contribution in [2.24, 2.45) is 11.1 Å². The first-order valence-corrected chi connectivity index (χ1v) is 10.9. The summed E-state index contributed by atoms with van der Waals surface area (Å²) in [5.41, 5.74) is 7.42. The fraction of sp³-hybridized carbons (Fsp3) is 0.385. The number of methoxy groups -OCH3 is 2. The smallest absolute Gasteiger partial charge is 0.340 e. The first kappa shape index (κ1) is 22.9. The zero-order valence-corrected chi connectivity index (χ0v) is 19.4.